The maximum atomic E-state index is 11.4. The molecule has 0 bridgehead atoms. The highest BCUT2D eigenvalue weighted by Gasteiger charge is 2.47. The molecule has 0 amide bonds. The lowest BCUT2D eigenvalue weighted by Gasteiger charge is -2.03. The molecule has 8 heteroatoms. The van der Waals surface area contributed by atoms with Gasteiger partial charge in [-0.1, -0.05) is 30.3 Å². The van der Waals surface area contributed by atoms with Crippen molar-refractivity contribution in [3.8, 4) is 0 Å². The van der Waals surface area contributed by atoms with Gasteiger partial charge in [0.15, 0.2) is 12.4 Å². The summed E-state index contributed by atoms with van der Waals surface area (Å²) in [5.74, 6) is -0.270. The second-order valence-corrected chi connectivity index (χ2v) is 8.14. The highest BCUT2D eigenvalue weighted by Crippen LogP contribution is 2.50. The van der Waals surface area contributed by atoms with Crippen LogP contribution in [0.3, 0.4) is 0 Å². The fourth-order valence-corrected chi connectivity index (χ4v) is 2.04. The molecule has 0 heterocycles. The summed E-state index contributed by atoms with van der Waals surface area (Å²) in [6, 6.07) is 9.61. The fraction of sp³-hybridized carbons (Fsp3) is 0.364. The summed E-state index contributed by atoms with van der Waals surface area (Å²) in [4.78, 5) is 11.4. The first kappa shape index (κ1) is 16.8. The summed E-state index contributed by atoms with van der Waals surface area (Å²) in [6.07, 6.45) is 0. The molecule has 4 nitrogen and oxygen atoms in total. The third-order valence-corrected chi connectivity index (χ3v) is 4.06. The average Bonchev–Trinajstić information content (AvgIpc) is 2.36. The lowest BCUT2D eigenvalue weighted by molar-refractivity contribution is -0.120. The number of alkyl halides is 3. The van der Waals surface area contributed by atoms with Crippen molar-refractivity contribution in [3.63, 3.8) is 0 Å². The Labute approximate surface area is 127 Å². The quantitative estimate of drug-likeness (QED) is 0.609. The van der Waals surface area contributed by atoms with Crippen LogP contribution in [0.1, 0.15) is 5.56 Å². The summed E-state index contributed by atoms with van der Waals surface area (Å²) in [7, 11) is -2.52. The van der Waals surface area contributed by atoms with E-state index in [0.717, 1.165) is 5.56 Å². The van der Waals surface area contributed by atoms with Gasteiger partial charge >= 0.3 is 11.6 Å². The number of hydrogen-bond donors (Lipinski definition) is 1. The van der Waals surface area contributed by atoms with Gasteiger partial charge in [-0.15, -0.1) is 4.52 Å². The molecule has 0 spiro atoms. The zero-order valence-corrected chi connectivity index (χ0v) is 13.0. The molecule has 0 aliphatic rings. The molecule has 0 aromatic heterocycles. The van der Waals surface area contributed by atoms with E-state index in [1.165, 1.54) is 0 Å². The van der Waals surface area contributed by atoms with E-state index in [-0.39, 0.29) is 18.9 Å². The van der Waals surface area contributed by atoms with E-state index >= 15 is 0 Å². The van der Waals surface area contributed by atoms with Gasteiger partial charge in [-0.25, -0.2) is 0 Å². The third-order valence-electron chi connectivity index (χ3n) is 2.04. The van der Waals surface area contributed by atoms with Crippen LogP contribution in [-0.2, 0) is 20.4 Å². The van der Waals surface area contributed by atoms with Crippen molar-refractivity contribution in [2.45, 2.75) is 10.1 Å². The molecule has 1 aromatic rings. The normalized spacial score (nSPS) is 12.3. The summed E-state index contributed by atoms with van der Waals surface area (Å²) in [5.41, 5.74) is 1.06. The molecule has 1 rings (SSSR count). The molecule has 0 aliphatic carbocycles. The lowest BCUT2D eigenvalue weighted by Crippen LogP contribution is -2.25. The van der Waals surface area contributed by atoms with E-state index in [1.54, 1.807) is 0 Å². The van der Waals surface area contributed by atoms with Crippen molar-refractivity contribution in [1.29, 1.82) is 0 Å². The predicted octanol–water partition coefficient (Wildman–Crippen LogP) is 3.43. The van der Waals surface area contributed by atoms with E-state index in [9.17, 15) is 9.36 Å². The van der Waals surface area contributed by atoms with Crippen LogP contribution in [0.5, 0.6) is 0 Å². The topological polar surface area (TPSA) is 55.4 Å². The molecule has 0 aliphatic heterocycles. The Morgan fingerprint density at radius 2 is 1.89 bits per heavy atom. The van der Waals surface area contributed by atoms with Crippen LogP contribution in [0.15, 0.2) is 30.3 Å². The van der Waals surface area contributed by atoms with Crippen LogP contribution >= 0.6 is 42.8 Å². The number of carbonyl (C=O) groups excluding carboxylic acids is 1. The van der Waals surface area contributed by atoms with E-state index in [1.807, 2.05) is 30.3 Å². The van der Waals surface area contributed by atoms with Gasteiger partial charge in [0, 0.05) is 6.54 Å². The maximum absolute atomic E-state index is 11.4. The molecule has 1 atom stereocenters. The molecule has 0 radical (unpaired) electrons. The minimum absolute atomic E-state index is 0.0952. The van der Waals surface area contributed by atoms with Gasteiger partial charge in [0.2, 0.25) is 0 Å². The molecule has 19 heavy (non-hydrogen) atoms. The third kappa shape index (κ3) is 7.21. The second-order valence-electron chi connectivity index (χ2n) is 3.63. The average molecular weight is 344 g/mol. The number of hydrogen-bond acceptors (Lipinski definition) is 4. The van der Waals surface area contributed by atoms with Gasteiger partial charge in [0.25, 0.3) is 0 Å². The van der Waals surface area contributed by atoms with Gasteiger partial charge in [0.05, 0.1) is 6.54 Å². The standard InChI is InChI=1S/C11H12Cl3NO3P/c12-11(13,14)19(17)18-8-10(16)7-15-6-9-4-2-1-3-5-9/h1-5,15H,6-8H2/q+1. The largest absolute Gasteiger partial charge is 0.566 e. The predicted molar refractivity (Wildman–Crippen MR) is 77.0 cm³/mol. The SMILES string of the molecule is O=C(CNCc1ccccc1)CO[P+](=O)C(Cl)(Cl)Cl. The number of nitrogens with one attached hydrogen (secondary N) is 1. The van der Waals surface area contributed by atoms with E-state index in [4.69, 9.17) is 39.3 Å². The van der Waals surface area contributed by atoms with Crippen molar-refractivity contribution in [3.05, 3.63) is 35.9 Å². The van der Waals surface area contributed by atoms with Crippen LogP contribution in [0, 0.1) is 0 Å². The Balaban J connectivity index is 2.20. The van der Waals surface area contributed by atoms with Crippen LogP contribution in [0.4, 0.5) is 0 Å². The Morgan fingerprint density at radius 3 is 2.47 bits per heavy atom. The van der Waals surface area contributed by atoms with Crippen molar-refractivity contribution in [2.24, 2.45) is 0 Å². The number of halogens is 3. The Morgan fingerprint density at radius 1 is 1.26 bits per heavy atom. The number of ketones is 1. The summed E-state index contributed by atoms with van der Waals surface area (Å²) >= 11 is 16.0. The minimum atomic E-state index is -2.52. The first-order chi connectivity index (χ1) is 8.89. The molecule has 0 fully saturated rings. The molecule has 104 valence electrons. The van der Waals surface area contributed by atoms with Crippen LogP contribution in [-0.4, -0.2) is 22.5 Å². The molecule has 0 saturated carbocycles. The fourth-order valence-electron chi connectivity index (χ4n) is 1.20. The van der Waals surface area contributed by atoms with Gasteiger partial charge in [0.1, 0.15) is 0 Å². The van der Waals surface area contributed by atoms with E-state index in [2.05, 4.69) is 5.32 Å². The summed E-state index contributed by atoms with van der Waals surface area (Å²) < 4.78 is 13.9. The summed E-state index contributed by atoms with van der Waals surface area (Å²) in [6.45, 7) is 0.298. The first-order valence-corrected chi connectivity index (χ1v) is 7.64. The van der Waals surface area contributed by atoms with E-state index in [0.29, 0.717) is 6.54 Å². The minimum Gasteiger partial charge on any atom is -0.306 e. The van der Waals surface area contributed by atoms with Crippen LogP contribution in [0.2, 0.25) is 0 Å². The van der Waals surface area contributed by atoms with E-state index < -0.39 is 11.6 Å². The van der Waals surface area contributed by atoms with Crippen LogP contribution < -0.4 is 5.32 Å². The van der Waals surface area contributed by atoms with Gasteiger partial charge < -0.3 is 5.32 Å². The number of carbonyl (C=O) groups is 1. The Hall–Kier alpha value is -0.220. The van der Waals surface area contributed by atoms with Crippen molar-refractivity contribution >= 4 is 48.6 Å². The highest BCUT2D eigenvalue weighted by molar-refractivity contribution is 7.50. The van der Waals surface area contributed by atoms with Crippen molar-refractivity contribution in [1.82, 2.24) is 5.32 Å². The number of benzene rings is 1. The molecule has 1 aromatic carbocycles. The van der Waals surface area contributed by atoms with Gasteiger partial charge in [-0.3, -0.25) is 4.79 Å². The van der Waals surface area contributed by atoms with Gasteiger partial charge in [-0.05, 0) is 44.9 Å². The van der Waals surface area contributed by atoms with Crippen LogP contribution in [0.25, 0.3) is 0 Å². The Bertz CT molecular complexity index is 437. The number of rotatable bonds is 7. The lowest BCUT2D eigenvalue weighted by atomic mass is 10.2. The first-order valence-electron chi connectivity index (χ1n) is 5.33. The van der Waals surface area contributed by atoms with Crippen molar-refractivity contribution < 1.29 is 13.9 Å². The molecular weight excluding hydrogens is 331 g/mol. The molecule has 1 N–H and O–H groups in total. The highest BCUT2D eigenvalue weighted by atomic mass is 35.6. The Kier molecular flexibility index (Phi) is 7.22. The maximum Gasteiger partial charge on any atom is 0.566 e. The molecule has 0 saturated heterocycles. The zero-order valence-electron chi connectivity index (χ0n) is 9.81. The smallest absolute Gasteiger partial charge is 0.306 e. The molecule has 1 unspecified atom stereocenters. The molecular formula is C11H12Cl3NO3P+. The van der Waals surface area contributed by atoms with Gasteiger partial charge in [-0.2, -0.15) is 0 Å². The zero-order chi connectivity index (χ0) is 14.3. The van der Waals surface area contributed by atoms with Crippen molar-refractivity contribution in [2.75, 3.05) is 13.2 Å². The monoisotopic (exact) mass is 342 g/mol. The number of Topliss-reactive ketones (excluding diaryl/α,β-unsaturated/α-hetero) is 1. The second kappa shape index (κ2) is 8.15. The summed E-state index contributed by atoms with van der Waals surface area (Å²) in [5, 5.41) is 2.94.